The quantitative estimate of drug-likeness (QED) is 0.758. The van der Waals surface area contributed by atoms with Crippen LogP contribution in [0.4, 0.5) is 0 Å². The molecule has 20 heavy (non-hydrogen) atoms. The highest BCUT2D eigenvalue weighted by Crippen LogP contribution is 2.25. The van der Waals surface area contributed by atoms with Gasteiger partial charge in [-0.15, -0.1) is 0 Å². The van der Waals surface area contributed by atoms with Gasteiger partial charge >= 0.3 is 0 Å². The van der Waals surface area contributed by atoms with Gasteiger partial charge in [0.25, 0.3) is 10.2 Å². The average Bonchev–Trinajstić information content (AvgIpc) is 2.90. The summed E-state index contributed by atoms with van der Waals surface area (Å²) in [6.07, 6.45) is 2.81. The van der Waals surface area contributed by atoms with E-state index in [1.807, 2.05) is 7.05 Å². The SMILES string of the molecule is CNCC1CCN(S(=O)(=O)N2CCC(COC)C2)CC1. The highest BCUT2D eigenvalue weighted by atomic mass is 32.2. The van der Waals surface area contributed by atoms with Gasteiger partial charge in [0, 0.05) is 33.3 Å². The number of hydrogen-bond donors (Lipinski definition) is 1. The maximum Gasteiger partial charge on any atom is 0.281 e. The monoisotopic (exact) mass is 305 g/mol. The average molecular weight is 305 g/mol. The predicted molar refractivity (Wildman–Crippen MR) is 78.7 cm³/mol. The van der Waals surface area contributed by atoms with Crippen molar-refractivity contribution in [2.75, 3.05) is 53.5 Å². The molecule has 2 aliphatic rings. The van der Waals surface area contributed by atoms with Crippen LogP contribution in [0.25, 0.3) is 0 Å². The van der Waals surface area contributed by atoms with E-state index in [0.29, 0.717) is 44.6 Å². The molecule has 0 amide bonds. The van der Waals surface area contributed by atoms with Gasteiger partial charge in [-0.05, 0) is 44.7 Å². The van der Waals surface area contributed by atoms with E-state index in [9.17, 15) is 8.42 Å². The molecule has 2 rings (SSSR count). The molecule has 0 spiro atoms. The Balaban J connectivity index is 1.88. The lowest BCUT2D eigenvalue weighted by Crippen LogP contribution is -2.47. The lowest BCUT2D eigenvalue weighted by molar-refractivity contribution is 0.157. The summed E-state index contributed by atoms with van der Waals surface area (Å²) in [6, 6.07) is 0. The minimum atomic E-state index is -3.26. The summed E-state index contributed by atoms with van der Waals surface area (Å²) in [7, 11) is 0.357. The molecule has 0 saturated carbocycles. The summed E-state index contributed by atoms with van der Waals surface area (Å²) in [6.45, 7) is 4.17. The molecule has 118 valence electrons. The van der Waals surface area contributed by atoms with E-state index in [1.165, 1.54) is 0 Å². The Morgan fingerprint density at radius 1 is 1.10 bits per heavy atom. The molecule has 0 aromatic rings. The summed E-state index contributed by atoms with van der Waals surface area (Å²) in [5.41, 5.74) is 0. The Kier molecular flexibility index (Phi) is 5.80. The number of nitrogens with zero attached hydrogens (tertiary/aromatic N) is 2. The van der Waals surface area contributed by atoms with Gasteiger partial charge in [-0.25, -0.2) is 0 Å². The van der Waals surface area contributed by atoms with Gasteiger partial charge in [0.05, 0.1) is 6.61 Å². The van der Waals surface area contributed by atoms with E-state index in [4.69, 9.17) is 4.74 Å². The third-order valence-electron chi connectivity index (χ3n) is 4.37. The first-order chi connectivity index (χ1) is 9.57. The van der Waals surface area contributed by atoms with Crippen LogP contribution in [0.5, 0.6) is 0 Å². The van der Waals surface area contributed by atoms with Crippen molar-refractivity contribution in [1.29, 1.82) is 0 Å². The normalized spacial score (nSPS) is 27.2. The van der Waals surface area contributed by atoms with E-state index in [0.717, 1.165) is 25.8 Å². The number of rotatable bonds is 6. The van der Waals surface area contributed by atoms with Crippen molar-refractivity contribution in [3.05, 3.63) is 0 Å². The second-order valence-corrected chi connectivity index (χ2v) is 7.80. The topological polar surface area (TPSA) is 61.9 Å². The van der Waals surface area contributed by atoms with Gasteiger partial charge < -0.3 is 10.1 Å². The fourth-order valence-electron chi connectivity index (χ4n) is 3.17. The minimum absolute atomic E-state index is 0.344. The first kappa shape index (κ1) is 16.2. The van der Waals surface area contributed by atoms with Crippen LogP contribution in [0.3, 0.4) is 0 Å². The Morgan fingerprint density at radius 3 is 2.30 bits per heavy atom. The third-order valence-corrected chi connectivity index (χ3v) is 6.37. The standard InChI is InChI=1S/C13H27N3O3S/c1-14-9-12-3-6-15(7-4-12)20(17,18)16-8-5-13(10-16)11-19-2/h12-14H,3-11H2,1-2H3. The lowest BCUT2D eigenvalue weighted by Gasteiger charge is -2.33. The molecule has 0 radical (unpaired) electrons. The summed E-state index contributed by atoms with van der Waals surface area (Å²) in [5, 5.41) is 3.17. The number of hydrogen-bond acceptors (Lipinski definition) is 4. The first-order valence-corrected chi connectivity index (χ1v) is 8.86. The number of ether oxygens (including phenoxy) is 1. The summed E-state index contributed by atoms with van der Waals surface area (Å²) in [5.74, 6) is 0.947. The van der Waals surface area contributed by atoms with Crippen molar-refractivity contribution < 1.29 is 13.2 Å². The molecule has 2 aliphatic heterocycles. The van der Waals surface area contributed by atoms with E-state index in [2.05, 4.69) is 5.32 Å². The predicted octanol–water partition coefficient (Wildman–Crippen LogP) is 0.131. The fourth-order valence-corrected chi connectivity index (χ4v) is 4.91. The molecule has 1 atom stereocenters. The van der Waals surface area contributed by atoms with E-state index >= 15 is 0 Å². The fraction of sp³-hybridized carbons (Fsp3) is 1.00. The Labute approximate surface area is 122 Å². The van der Waals surface area contributed by atoms with Gasteiger partial charge in [0.15, 0.2) is 0 Å². The molecule has 0 aromatic heterocycles. The molecular weight excluding hydrogens is 278 g/mol. The summed E-state index contributed by atoms with van der Waals surface area (Å²) < 4.78 is 33.6. The number of nitrogens with one attached hydrogen (secondary N) is 1. The van der Waals surface area contributed by atoms with Crippen molar-refractivity contribution in [2.45, 2.75) is 19.3 Å². The minimum Gasteiger partial charge on any atom is -0.384 e. The largest absolute Gasteiger partial charge is 0.384 e. The smallest absolute Gasteiger partial charge is 0.281 e. The maximum atomic E-state index is 12.6. The second kappa shape index (κ2) is 7.17. The molecule has 2 heterocycles. The zero-order valence-electron chi connectivity index (χ0n) is 12.5. The van der Waals surface area contributed by atoms with E-state index < -0.39 is 10.2 Å². The molecular formula is C13H27N3O3S. The molecule has 2 fully saturated rings. The molecule has 6 nitrogen and oxygen atoms in total. The molecule has 2 saturated heterocycles. The highest BCUT2D eigenvalue weighted by molar-refractivity contribution is 7.86. The second-order valence-electron chi connectivity index (χ2n) is 5.88. The van der Waals surface area contributed by atoms with Crippen LogP contribution in [0.2, 0.25) is 0 Å². The molecule has 1 N–H and O–H groups in total. The van der Waals surface area contributed by atoms with Crippen LogP contribution >= 0.6 is 0 Å². The van der Waals surface area contributed by atoms with Gasteiger partial charge in [-0.2, -0.15) is 17.0 Å². The van der Waals surface area contributed by atoms with Crippen molar-refractivity contribution in [3.8, 4) is 0 Å². The van der Waals surface area contributed by atoms with Gasteiger partial charge in [0.1, 0.15) is 0 Å². The van der Waals surface area contributed by atoms with Crippen LogP contribution in [-0.4, -0.2) is 70.5 Å². The van der Waals surface area contributed by atoms with Crippen LogP contribution in [0.15, 0.2) is 0 Å². The molecule has 0 aromatic carbocycles. The Morgan fingerprint density at radius 2 is 1.70 bits per heavy atom. The van der Waals surface area contributed by atoms with Crippen LogP contribution in [0, 0.1) is 11.8 Å². The van der Waals surface area contributed by atoms with Gasteiger partial charge in [0.2, 0.25) is 0 Å². The van der Waals surface area contributed by atoms with E-state index in [1.54, 1.807) is 15.7 Å². The molecule has 0 aliphatic carbocycles. The van der Waals surface area contributed by atoms with Crippen LogP contribution in [-0.2, 0) is 14.9 Å². The molecule has 7 heteroatoms. The van der Waals surface area contributed by atoms with Crippen LogP contribution < -0.4 is 5.32 Å². The van der Waals surface area contributed by atoms with Gasteiger partial charge in [-0.1, -0.05) is 0 Å². The first-order valence-electron chi connectivity index (χ1n) is 7.46. The summed E-state index contributed by atoms with van der Waals surface area (Å²) in [4.78, 5) is 0. The zero-order valence-corrected chi connectivity index (χ0v) is 13.4. The maximum absolute atomic E-state index is 12.6. The Hall–Kier alpha value is -0.210. The van der Waals surface area contributed by atoms with Crippen molar-refractivity contribution in [1.82, 2.24) is 13.9 Å². The van der Waals surface area contributed by atoms with E-state index in [-0.39, 0.29) is 0 Å². The van der Waals surface area contributed by atoms with Crippen molar-refractivity contribution >= 4 is 10.2 Å². The molecule has 0 bridgehead atoms. The third kappa shape index (κ3) is 3.71. The molecule has 1 unspecified atom stereocenters. The van der Waals surface area contributed by atoms with Gasteiger partial charge in [-0.3, -0.25) is 0 Å². The van der Waals surface area contributed by atoms with Crippen LogP contribution in [0.1, 0.15) is 19.3 Å². The highest BCUT2D eigenvalue weighted by Gasteiger charge is 2.36. The summed E-state index contributed by atoms with van der Waals surface area (Å²) >= 11 is 0. The lowest BCUT2D eigenvalue weighted by atomic mass is 9.98. The Bertz CT molecular complexity index is 394. The van der Waals surface area contributed by atoms with Crippen molar-refractivity contribution in [3.63, 3.8) is 0 Å². The number of methoxy groups -OCH3 is 1. The zero-order chi connectivity index (χ0) is 14.6. The number of piperidine rings is 1. The van der Waals surface area contributed by atoms with Crippen molar-refractivity contribution in [2.24, 2.45) is 11.8 Å².